The summed E-state index contributed by atoms with van der Waals surface area (Å²) in [5, 5.41) is 6.06. The van der Waals surface area contributed by atoms with E-state index in [1.165, 1.54) is 0 Å². The third-order valence-electron chi connectivity index (χ3n) is 4.49. The molecule has 2 N–H and O–H groups in total. The molecule has 31 heavy (non-hydrogen) atoms. The number of halogens is 4. The predicted octanol–water partition coefficient (Wildman–Crippen LogP) is 2.71. The van der Waals surface area contributed by atoms with Gasteiger partial charge in [0.25, 0.3) is 0 Å². The van der Waals surface area contributed by atoms with E-state index in [1.54, 1.807) is 6.20 Å². The molecule has 1 aliphatic heterocycles. The molecule has 0 radical (unpaired) electrons. The number of guanidine groups is 1. The summed E-state index contributed by atoms with van der Waals surface area (Å²) < 4.78 is 38.2. The van der Waals surface area contributed by atoms with Gasteiger partial charge in [-0.05, 0) is 25.1 Å². The normalized spacial score (nSPS) is 14.8. The number of aliphatic imine (C=N–C) groups is 1. The molecule has 0 bridgehead atoms. The highest BCUT2D eigenvalue weighted by atomic mass is 127. The summed E-state index contributed by atoms with van der Waals surface area (Å²) in [6, 6.07) is 6.71. The first-order valence-electron chi connectivity index (χ1n) is 9.80. The van der Waals surface area contributed by atoms with Crippen molar-refractivity contribution in [2.45, 2.75) is 13.1 Å². The van der Waals surface area contributed by atoms with Crippen LogP contribution in [0.4, 0.5) is 24.9 Å². The van der Waals surface area contributed by atoms with Gasteiger partial charge in [0.2, 0.25) is 5.95 Å². The lowest BCUT2D eigenvalue weighted by Gasteiger charge is -2.37. The fraction of sp³-hybridized carbons (Fsp3) is 0.474. The molecule has 2 aromatic rings. The number of rotatable bonds is 6. The summed E-state index contributed by atoms with van der Waals surface area (Å²) in [5.74, 6) is 1.68. The second-order valence-electron chi connectivity index (χ2n) is 6.59. The smallest absolute Gasteiger partial charge is 0.357 e. The summed E-state index contributed by atoms with van der Waals surface area (Å²) in [4.78, 5) is 20.7. The van der Waals surface area contributed by atoms with E-state index in [0.29, 0.717) is 13.1 Å². The Morgan fingerprint density at radius 2 is 1.87 bits per heavy atom. The average molecular weight is 550 g/mol. The summed E-state index contributed by atoms with van der Waals surface area (Å²) >= 11 is 0. The molecule has 1 fully saturated rings. The number of hydrogen-bond donors (Lipinski definition) is 2. The monoisotopic (exact) mass is 550 g/mol. The second-order valence-corrected chi connectivity index (χ2v) is 6.59. The summed E-state index contributed by atoms with van der Waals surface area (Å²) in [5.41, 5.74) is -0.970. The largest absolute Gasteiger partial charge is 0.433 e. The standard InChI is InChI=1S/C19H25F3N8.HI/c1-2-23-18(30-13-11-29(12-14-30)16-5-3-4-7-24-16)27-10-9-26-17-25-8-6-15(28-17)19(20,21)22;/h3-8H,2,9-14H2,1H3,(H,23,27)(H,25,26,28);1H. The lowest BCUT2D eigenvalue weighted by Crippen LogP contribution is -2.52. The van der Waals surface area contributed by atoms with Crippen LogP contribution in [-0.2, 0) is 6.18 Å². The molecule has 0 unspecified atom stereocenters. The zero-order valence-corrected chi connectivity index (χ0v) is 19.5. The Balaban J connectivity index is 0.00000341. The highest BCUT2D eigenvalue weighted by molar-refractivity contribution is 14.0. The first-order valence-corrected chi connectivity index (χ1v) is 9.80. The summed E-state index contributed by atoms with van der Waals surface area (Å²) in [6.07, 6.45) is -1.62. The van der Waals surface area contributed by atoms with Crippen molar-refractivity contribution >= 4 is 41.7 Å². The van der Waals surface area contributed by atoms with Gasteiger partial charge in [-0.3, -0.25) is 4.99 Å². The molecule has 0 spiro atoms. The van der Waals surface area contributed by atoms with Crippen molar-refractivity contribution in [1.82, 2.24) is 25.2 Å². The molecular formula is C19H26F3IN8. The molecule has 0 atom stereocenters. The van der Waals surface area contributed by atoms with Gasteiger partial charge in [-0.15, -0.1) is 24.0 Å². The van der Waals surface area contributed by atoms with Crippen LogP contribution in [-0.4, -0.2) is 71.6 Å². The van der Waals surface area contributed by atoms with E-state index in [2.05, 4.69) is 40.4 Å². The van der Waals surface area contributed by atoms with Crippen molar-refractivity contribution in [3.63, 3.8) is 0 Å². The quantitative estimate of drug-likeness (QED) is 0.248. The van der Waals surface area contributed by atoms with Crippen molar-refractivity contribution in [2.75, 3.05) is 56.0 Å². The highest BCUT2D eigenvalue weighted by Gasteiger charge is 2.32. The minimum atomic E-state index is -4.49. The molecule has 1 aliphatic rings. The van der Waals surface area contributed by atoms with E-state index in [1.807, 2.05) is 25.1 Å². The molecule has 1 saturated heterocycles. The van der Waals surface area contributed by atoms with E-state index in [9.17, 15) is 13.2 Å². The van der Waals surface area contributed by atoms with Crippen molar-refractivity contribution in [3.8, 4) is 0 Å². The maximum Gasteiger partial charge on any atom is 0.433 e. The van der Waals surface area contributed by atoms with Gasteiger partial charge in [-0.1, -0.05) is 6.07 Å². The van der Waals surface area contributed by atoms with Crippen LogP contribution in [0.5, 0.6) is 0 Å². The molecule has 3 rings (SSSR count). The van der Waals surface area contributed by atoms with Gasteiger partial charge in [-0.2, -0.15) is 13.2 Å². The number of hydrogen-bond acceptors (Lipinski definition) is 6. The maximum absolute atomic E-state index is 12.7. The minimum absolute atomic E-state index is 0. The SMILES string of the molecule is CCNC(=NCCNc1nccc(C(F)(F)F)n1)N1CCN(c2ccccn2)CC1.I. The Kier molecular flexibility index (Phi) is 9.52. The lowest BCUT2D eigenvalue weighted by molar-refractivity contribution is -0.141. The Bertz CT molecular complexity index is 826. The van der Waals surface area contributed by atoms with Crippen molar-refractivity contribution < 1.29 is 13.2 Å². The van der Waals surface area contributed by atoms with Gasteiger partial charge in [0, 0.05) is 51.7 Å². The predicted molar refractivity (Wildman–Crippen MR) is 125 cm³/mol. The lowest BCUT2D eigenvalue weighted by atomic mass is 10.3. The van der Waals surface area contributed by atoms with Crippen molar-refractivity contribution in [1.29, 1.82) is 0 Å². The average Bonchev–Trinajstić information content (AvgIpc) is 2.76. The van der Waals surface area contributed by atoms with Gasteiger partial charge in [0.05, 0.1) is 6.54 Å². The van der Waals surface area contributed by atoms with E-state index in [4.69, 9.17) is 0 Å². The Labute approximate surface area is 196 Å². The van der Waals surface area contributed by atoms with Gasteiger partial charge in [0.1, 0.15) is 11.5 Å². The Hall–Kier alpha value is -2.38. The van der Waals surface area contributed by atoms with Gasteiger partial charge in [-0.25, -0.2) is 15.0 Å². The van der Waals surface area contributed by atoms with Gasteiger partial charge < -0.3 is 20.4 Å². The summed E-state index contributed by atoms with van der Waals surface area (Å²) in [7, 11) is 0. The zero-order chi connectivity index (χ0) is 21.4. The molecule has 2 aromatic heterocycles. The molecule has 0 aromatic carbocycles. The first-order chi connectivity index (χ1) is 14.5. The molecule has 3 heterocycles. The molecule has 170 valence electrons. The van der Waals surface area contributed by atoms with Crippen molar-refractivity contribution in [3.05, 3.63) is 42.4 Å². The van der Waals surface area contributed by atoms with Crippen LogP contribution in [0.25, 0.3) is 0 Å². The molecule has 8 nitrogen and oxygen atoms in total. The number of nitrogens with zero attached hydrogens (tertiary/aromatic N) is 6. The first kappa shape index (κ1) is 24.9. The van der Waals surface area contributed by atoms with E-state index in [0.717, 1.165) is 56.8 Å². The van der Waals surface area contributed by atoms with Crippen molar-refractivity contribution in [2.24, 2.45) is 4.99 Å². The second kappa shape index (κ2) is 11.9. The van der Waals surface area contributed by atoms with Gasteiger partial charge >= 0.3 is 6.18 Å². The van der Waals surface area contributed by atoms with E-state index < -0.39 is 11.9 Å². The zero-order valence-electron chi connectivity index (χ0n) is 17.1. The van der Waals surface area contributed by atoms with Crippen LogP contribution in [0.15, 0.2) is 41.7 Å². The van der Waals surface area contributed by atoms with Crippen LogP contribution in [0, 0.1) is 0 Å². The Morgan fingerprint density at radius 3 is 2.52 bits per heavy atom. The van der Waals surface area contributed by atoms with Crippen LogP contribution < -0.4 is 15.5 Å². The van der Waals surface area contributed by atoms with Crippen LogP contribution >= 0.6 is 24.0 Å². The molecule has 0 amide bonds. The molecule has 0 saturated carbocycles. The number of aromatic nitrogens is 3. The van der Waals surface area contributed by atoms with Crippen LogP contribution in [0.2, 0.25) is 0 Å². The third kappa shape index (κ3) is 7.36. The summed E-state index contributed by atoms with van der Waals surface area (Å²) in [6.45, 7) is 6.68. The van der Waals surface area contributed by atoms with Crippen LogP contribution in [0.3, 0.4) is 0 Å². The molecule has 12 heteroatoms. The number of alkyl halides is 3. The number of pyridine rings is 1. The molecular weight excluding hydrogens is 524 g/mol. The maximum atomic E-state index is 12.7. The number of piperazine rings is 1. The number of anilines is 2. The molecule has 0 aliphatic carbocycles. The van der Waals surface area contributed by atoms with Crippen LogP contribution in [0.1, 0.15) is 12.6 Å². The fourth-order valence-corrected chi connectivity index (χ4v) is 3.05. The Morgan fingerprint density at radius 1 is 1.10 bits per heavy atom. The highest BCUT2D eigenvalue weighted by Crippen LogP contribution is 2.27. The fourth-order valence-electron chi connectivity index (χ4n) is 3.05. The topological polar surface area (TPSA) is 81.6 Å². The minimum Gasteiger partial charge on any atom is -0.357 e. The third-order valence-corrected chi connectivity index (χ3v) is 4.49. The van der Waals surface area contributed by atoms with Gasteiger partial charge in [0.15, 0.2) is 5.96 Å². The van der Waals surface area contributed by atoms with E-state index >= 15 is 0 Å². The number of nitrogens with one attached hydrogen (secondary N) is 2. The van der Waals surface area contributed by atoms with E-state index in [-0.39, 0.29) is 29.9 Å².